The van der Waals surface area contributed by atoms with Crippen molar-refractivity contribution in [2.45, 2.75) is 32.7 Å². The number of likely N-dealkylation sites (tertiary alicyclic amines) is 2. The SMILES string of the molecule is CC1(C)C2CN(C(=O)c3cc(Br)cc([N+](=O)[O-])c3N[C@@H]3CCCN(C(=O)c4cncc(Br)c4)C3)CC21. The minimum Gasteiger partial charge on any atom is -0.374 e. The topological polar surface area (TPSA) is 109 Å². The molecule has 2 unspecified atom stereocenters. The van der Waals surface area contributed by atoms with Gasteiger partial charge in [-0.05, 0) is 58.2 Å². The molecule has 11 heteroatoms. The van der Waals surface area contributed by atoms with E-state index in [1.54, 1.807) is 23.2 Å². The van der Waals surface area contributed by atoms with Crippen molar-refractivity contribution in [2.24, 2.45) is 17.3 Å². The number of fused-ring (bicyclic) bond motifs is 1. The predicted octanol–water partition coefficient (Wildman–Crippen LogP) is 4.96. The van der Waals surface area contributed by atoms with Crippen LogP contribution in [0, 0.1) is 27.4 Å². The highest BCUT2D eigenvalue weighted by atomic mass is 79.9. The number of carbonyl (C=O) groups excluding carboxylic acids is 2. The highest BCUT2D eigenvalue weighted by molar-refractivity contribution is 9.10. The zero-order valence-electron chi connectivity index (χ0n) is 20.0. The van der Waals surface area contributed by atoms with E-state index in [4.69, 9.17) is 0 Å². The third-order valence-electron chi connectivity index (χ3n) is 7.93. The maximum Gasteiger partial charge on any atom is 0.294 e. The summed E-state index contributed by atoms with van der Waals surface area (Å²) in [6.45, 7) is 6.74. The third kappa shape index (κ3) is 4.63. The number of halogens is 2. The van der Waals surface area contributed by atoms with Crippen LogP contribution in [-0.2, 0) is 0 Å². The van der Waals surface area contributed by atoms with Crippen LogP contribution >= 0.6 is 31.9 Å². The molecule has 3 fully saturated rings. The molecule has 0 radical (unpaired) electrons. The summed E-state index contributed by atoms with van der Waals surface area (Å²) in [5, 5.41) is 15.3. The Balaban J connectivity index is 1.39. The molecule has 0 spiro atoms. The summed E-state index contributed by atoms with van der Waals surface area (Å²) in [6.07, 6.45) is 4.61. The van der Waals surface area contributed by atoms with Gasteiger partial charge in [0.1, 0.15) is 5.69 Å². The molecule has 2 amide bonds. The molecule has 1 aromatic heterocycles. The van der Waals surface area contributed by atoms with E-state index in [0.29, 0.717) is 48.1 Å². The lowest BCUT2D eigenvalue weighted by molar-refractivity contribution is -0.384. The summed E-state index contributed by atoms with van der Waals surface area (Å²) in [5.41, 5.74) is 1.08. The predicted molar refractivity (Wildman–Crippen MR) is 142 cm³/mol. The average Bonchev–Trinajstić information content (AvgIpc) is 3.16. The minimum absolute atomic E-state index is 0.143. The minimum atomic E-state index is -0.465. The number of benzene rings is 1. The molecule has 3 atom stereocenters. The number of nitro groups is 1. The number of nitro benzene ring substituents is 1. The quantitative estimate of drug-likeness (QED) is 0.374. The zero-order valence-corrected chi connectivity index (χ0v) is 23.2. The number of hydrogen-bond donors (Lipinski definition) is 1. The molecule has 5 rings (SSSR count). The van der Waals surface area contributed by atoms with E-state index < -0.39 is 4.92 Å². The second-order valence-electron chi connectivity index (χ2n) is 10.5. The maximum atomic E-state index is 13.6. The standard InChI is InChI=1S/C25H27Br2N5O4/c1-25(2)19-12-31(13-20(19)25)24(34)18-7-15(26)8-21(32(35)36)22(18)29-17-4-3-5-30(11-17)23(33)14-6-16(27)10-28-9-14/h6-10,17,19-20,29H,3-5,11-13H2,1-2H3/t17-,19?,20?/m1/s1. The Bertz CT molecular complexity index is 1240. The Hall–Kier alpha value is -2.53. The molecule has 1 aliphatic carbocycles. The van der Waals surface area contributed by atoms with E-state index in [1.807, 2.05) is 4.90 Å². The van der Waals surface area contributed by atoms with Crippen LogP contribution < -0.4 is 5.32 Å². The van der Waals surface area contributed by atoms with Crippen LogP contribution in [0.1, 0.15) is 47.4 Å². The number of carbonyl (C=O) groups is 2. The van der Waals surface area contributed by atoms with E-state index in [-0.39, 0.29) is 40.2 Å². The Kier molecular flexibility index (Phi) is 6.57. The molecule has 3 heterocycles. The average molecular weight is 621 g/mol. The van der Waals surface area contributed by atoms with Crippen molar-refractivity contribution < 1.29 is 14.5 Å². The van der Waals surface area contributed by atoms with Crippen molar-refractivity contribution in [2.75, 3.05) is 31.5 Å². The summed E-state index contributed by atoms with van der Waals surface area (Å²) in [7, 11) is 0. The number of nitrogens with zero attached hydrogens (tertiary/aromatic N) is 4. The summed E-state index contributed by atoms with van der Waals surface area (Å²) in [4.78, 5) is 45.8. The van der Waals surface area contributed by atoms with Crippen molar-refractivity contribution in [3.8, 4) is 0 Å². The van der Waals surface area contributed by atoms with E-state index in [1.165, 1.54) is 12.3 Å². The molecule has 190 valence electrons. The number of piperidine rings is 2. The maximum absolute atomic E-state index is 13.6. The molecule has 2 aromatic rings. The van der Waals surface area contributed by atoms with Gasteiger partial charge in [0, 0.05) is 59.6 Å². The van der Waals surface area contributed by atoms with Gasteiger partial charge in [0.2, 0.25) is 0 Å². The molecule has 2 saturated heterocycles. The number of anilines is 1. The van der Waals surface area contributed by atoms with Crippen LogP contribution in [0.2, 0.25) is 0 Å². The van der Waals surface area contributed by atoms with Crippen LogP contribution in [0.25, 0.3) is 0 Å². The smallest absolute Gasteiger partial charge is 0.294 e. The van der Waals surface area contributed by atoms with Crippen LogP contribution in [0.3, 0.4) is 0 Å². The first-order chi connectivity index (χ1) is 17.1. The fourth-order valence-corrected chi connectivity index (χ4v) is 6.53. The lowest BCUT2D eigenvalue weighted by Crippen LogP contribution is -2.45. The normalized spacial score (nSPS) is 24.3. The number of nitrogens with one attached hydrogen (secondary N) is 1. The first-order valence-corrected chi connectivity index (χ1v) is 13.6. The van der Waals surface area contributed by atoms with Gasteiger partial charge in [-0.25, -0.2) is 0 Å². The molecule has 3 aliphatic rings. The van der Waals surface area contributed by atoms with E-state index in [0.717, 1.165) is 17.3 Å². The molecular weight excluding hydrogens is 594 g/mol. The number of rotatable bonds is 5. The zero-order chi connectivity index (χ0) is 25.8. The number of amides is 2. The first kappa shape index (κ1) is 25.1. The molecule has 2 aliphatic heterocycles. The van der Waals surface area contributed by atoms with Gasteiger partial charge < -0.3 is 15.1 Å². The fraction of sp³-hybridized carbons (Fsp3) is 0.480. The second kappa shape index (κ2) is 9.41. The molecule has 1 aromatic carbocycles. The van der Waals surface area contributed by atoms with Crippen LogP contribution in [0.5, 0.6) is 0 Å². The van der Waals surface area contributed by atoms with Gasteiger partial charge in [0.05, 0.1) is 16.1 Å². The molecule has 9 nitrogen and oxygen atoms in total. The van der Waals surface area contributed by atoms with E-state index in [2.05, 4.69) is 56.0 Å². The van der Waals surface area contributed by atoms with Crippen molar-refractivity contribution in [3.05, 3.63) is 60.8 Å². The summed E-state index contributed by atoms with van der Waals surface area (Å²) < 4.78 is 1.20. The molecular formula is C25H27Br2N5O4. The monoisotopic (exact) mass is 619 g/mol. The lowest BCUT2D eigenvalue weighted by atomic mass is 10.0. The third-order valence-corrected chi connectivity index (χ3v) is 8.82. The van der Waals surface area contributed by atoms with Crippen molar-refractivity contribution in [3.63, 3.8) is 0 Å². The number of hydrogen-bond acceptors (Lipinski definition) is 6. The van der Waals surface area contributed by atoms with Gasteiger partial charge >= 0.3 is 0 Å². The van der Waals surface area contributed by atoms with Gasteiger partial charge in [-0.3, -0.25) is 24.7 Å². The molecule has 0 bridgehead atoms. The van der Waals surface area contributed by atoms with Gasteiger partial charge in [0.25, 0.3) is 17.5 Å². The largest absolute Gasteiger partial charge is 0.374 e. The Labute approximate surface area is 226 Å². The van der Waals surface area contributed by atoms with Crippen molar-refractivity contribution in [1.82, 2.24) is 14.8 Å². The van der Waals surface area contributed by atoms with Crippen LogP contribution in [0.4, 0.5) is 11.4 Å². The van der Waals surface area contributed by atoms with Gasteiger partial charge in [-0.15, -0.1) is 0 Å². The highest BCUT2D eigenvalue weighted by Gasteiger charge is 2.62. The second-order valence-corrected chi connectivity index (χ2v) is 12.3. The summed E-state index contributed by atoms with van der Waals surface area (Å²) >= 11 is 6.70. The summed E-state index contributed by atoms with van der Waals surface area (Å²) in [5.74, 6) is 0.612. The first-order valence-electron chi connectivity index (χ1n) is 12.0. The van der Waals surface area contributed by atoms with Gasteiger partial charge in [-0.1, -0.05) is 29.8 Å². The highest BCUT2D eigenvalue weighted by Crippen LogP contribution is 2.62. The Morgan fingerprint density at radius 2 is 1.78 bits per heavy atom. The molecule has 36 heavy (non-hydrogen) atoms. The Morgan fingerprint density at radius 3 is 2.44 bits per heavy atom. The fourth-order valence-electron chi connectivity index (χ4n) is 5.72. The molecule has 1 N–H and O–H groups in total. The van der Waals surface area contributed by atoms with E-state index in [9.17, 15) is 19.7 Å². The van der Waals surface area contributed by atoms with Crippen LogP contribution in [-0.4, -0.2) is 63.7 Å². The van der Waals surface area contributed by atoms with Crippen molar-refractivity contribution in [1.29, 1.82) is 0 Å². The van der Waals surface area contributed by atoms with Crippen molar-refractivity contribution >= 4 is 55.0 Å². The Morgan fingerprint density at radius 1 is 1.06 bits per heavy atom. The van der Waals surface area contributed by atoms with E-state index >= 15 is 0 Å². The molecule has 1 saturated carbocycles. The lowest BCUT2D eigenvalue weighted by Gasteiger charge is -2.34. The van der Waals surface area contributed by atoms with Gasteiger partial charge in [-0.2, -0.15) is 0 Å². The summed E-state index contributed by atoms with van der Waals surface area (Å²) in [6, 6.07) is 4.57. The van der Waals surface area contributed by atoms with Gasteiger partial charge in [0.15, 0.2) is 0 Å². The number of aromatic nitrogens is 1. The van der Waals surface area contributed by atoms with Crippen LogP contribution in [0.15, 0.2) is 39.5 Å². The number of pyridine rings is 1.